The van der Waals surface area contributed by atoms with E-state index >= 15 is 0 Å². The third-order valence-corrected chi connectivity index (χ3v) is 5.58. The molecule has 0 radical (unpaired) electrons. The van der Waals surface area contributed by atoms with Crippen LogP contribution < -0.4 is 10.6 Å². The quantitative estimate of drug-likeness (QED) is 0.630. The molecule has 154 valence electrons. The number of phenolic OH excluding ortho intramolecular Hbond substituents is 1. The molecule has 2 aromatic rings. The van der Waals surface area contributed by atoms with Gasteiger partial charge in [-0.15, -0.1) is 0 Å². The number of nitrogens with zero attached hydrogens (tertiary/aromatic N) is 1. The molecule has 1 saturated heterocycles. The molecule has 1 atom stereocenters. The van der Waals surface area contributed by atoms with Crippen molar-refractivity contribution in [2.24, 2.45) is 5.92 Å². The van der Waals surface area contributed by atoms with E-state index in [1.54, 1.807) is 24.3 Å². The van der Waals surface area contributed by atoms with Crippen molar-refractivity contribution < 1.29 is 14.7 Å². The molecule has 0 aliphatic carbocycles. The minimum atomic E-state index is -0.168. The van der Waals surface area contributed by atoms with Gasteiger partial charge in [-0.2, -0.15) is 0 Å². The van der Waals surface area contributed by atoms with Gasteiger partial charge in [-0.05, 0) is 56.6 Å². The lowest BCUT2D eigenvalue weighted by Gasteiger charge is -2.31. The topological polar surface area (TPSA) is 81.7 Å². The van der Waals surface area contributed by atoms with E-state index in [1.807, 2.05) is 31.2 Å². The number of anilines is 1. The highest BCUT2D eigenvalue weighted by atomic mass is 35.5. The number of benzene rings is 2. The third-order valence-electron chi connectivity index (χ3n) is 5.24. The summed E-state index contributed by atoms with van der Waals surface area (Å²) in [5, 5.41) is 16.2. The van der Waals surface area contributed by atoms with Crippen LogP contribution in [0.2, 0.25) is 5.02 Å². The van der Waals surface area contributed by atoms with E-state index in [0.717, 1.165) is 5.56 Å². The first kappa shape index (κ1) is 21.1. The van der Waals surface area contributed by atoms with Crippen molar-refractivity contribution in [2.75, 3.05) is 25.0 Å². The average molecular weight is 416 g/mol. The van der Waals surface area contributed by atoms with E-state index in [-0.39, 0.29) is 29.5 Å². The van der Waals surface area contributed by atoms with E-state index in [9.17, 15) is 14.7 Å². The lowest BCUT2D eigenvalue weighted by atomic mass is 9.95. The third kappa shape index (κ3) is 5.71. The van der Waals surface area contributed by atoms with E-state index in [1.165, 1.54) is 0 Å². The summed E-state index contributed by atoms with van der Waals surface area (Å²) >= 11 is 6.19. The van der Waals surface area contributed by atoms with Crippen molar-refractivity contribution in [3.63, 3.8) is 0 Å². The maximum Gasteiger partial charge on any atom is 0.234 e. The highest BCUT2D eigenvalue weighted by Crippen LogP contribution is 2.25. The Morgan fingerprint density at radius 1 is 1.14 bits per heavy atom. The molecule has 29 heavy (non-hydrogen) atoms. The number of aromatic hydroxyl groups is 1. The van der Waals surface area contributed by atoms with Crippen molar-refractivity contribution in [1.82, 2.24) is 10.2 Å². The maximum absolute atomic E-state index is 12.5. The van der Waals surface area contributed by atoms with Gasteiger partial charge in [0.25, 0.3) is 0 Å². The van der Waals surface area contributed by atoms with Crippen LogP contribution in [0.4, 0.5) is 5.69 Å². The molecule has 1 aliphatic heterocycles. The number of para-hydroxylation sites is 2. The molecule has 0 unspecified atom stereocenters. The van der Waals surface area contributed by atoms with Crippen LogP contribution in [0.25, 0.3) is 0 Å². The molecule has 2 amide bonds. The van der Waals surface area contributed by atoms with Gasteiger partial charge in [-0.1, -0.05) is 41.9 Å². The number of carbonyl (C=O) groups is 2. The zero-order valence-corrected chi connectivity index (χ0v) is 17.2. The van der Waals surface area contributed by atoms with Gasteiger partial charge < -0.3 is 15.7 Å². The van der Waals surface area contributed by atoms with Crippen LogP contribution in [0.5, 0.6) is 5.75 Å². The van der Waals surface area contributed by atoms with Gasteiger partial charge in [-0.3, -0.25) is 14.5 Å². The van der Waals surface area contributed by atoms with Gasteiger partial charge in [0.05, 0.1) is 18.3 Å². The Labute approximate surface area is 175 Å². The molecule has 0 aromatic heterocycles. The largest absolute Gasteiger partial charge is 0.506 e. The van der Waals surface area contributed by atoms with Crippen LogP contribution in [0, 0.1) is 5.92 Å². The molecule has 2 aromatic carbocycles. The van der Waals surface area contributed by atoms with Crippen LogP contribution in [0.1, 0.15) is 31.4 Å². The zero-order chi connectivity index (χ0) is 20.8. The van der Waals surface area contributed by atoms with E-state index in [0.29, 0.717) is 43.2 Å². The van der Waals surface area contributed by atoms with Crippen LogP contribution in [-0.2, 0) is 9.59 Å². The fourth-order valence-corrected chi connectivity index (χ4v) is 3.86. The van der Waals surface area contributed by atoms with Crippen molar-refractivity contribution in [3.05, 3.63) is 59.1 Å². The number of rotatable bonds is 6. The first-order valence-corrected chi connectivity index (χ1v) is 10.2. The minimum Gasteiger partial charge on any atom is -0.506 e. The number of amides is 2. The van der Waals surface area contributed by atoms with Gasteiger partial charge in [0.1, 0.15) is 5.75 Å². The molecular weight excluding hydrogens is 390 g/mol. The second kappa shape index (κ2) is 9.76. The molecule has 7 heteroatoms. The van der Waals surface area contributed by atoms with Crippen molar-refractivity contribution in [2.45, 2.75) is 25.8 Å². The summed E-state index contributed by atoms with van der Waals surface area (Å²) in [7, 11) is 0. The summed E-state index contributed by atoms with van der Waals surface area (Å²) in [5.41, 5.74) is 1.31. The van der Waals surface area contributed by atoms with Gasteiger partial charge in [0, 0.05) is 10.9 Å². The summed E-state index contributed by atoms with van der Waals surface area (Å²) in [4.78, 5) is 26.9. The first-order valence-electron chi connectivity index (χ1n) is 9.79. The number of halogens is 1. The summed E-state index contributed by atoms with van der Waals surface area (Å²) in [6.07, 6.45) is 1.35. The molecule has 1 fully saturated rings. The molecule has 0 bridgehead atoms. The molecule has 3 rings (SSSR count). The number of hydrogen-bond donors (Lipinski definition) is 3. The second-order valence-corrected chi connectivity index (χ2v) is 7.77. The van der Waals surface area contributed by atoms with Crippen LogP contribution in [-0.4, -0.2) is 41.5 Å². The monoisotopic (exact) mass is 415 g/mol. The van der Waals surface area contributed by atoms with Crippen molar-refractivity contribution in [1.29, 1.82) is 0 Å². The standard InChI is InChI=1S/C22H26ClN3O3/c1-15(17-6-2-3-7-18(17)23)24-21(28)14-26-12-10-16(11-13-26)22(29)25-19-8-4-5-9-20(19)27/h2-9,15-16,27H,10-14H2,1H3,(H,24,28)(H,25,29)/t15-/m1/s1. The fourth-order valence-electron chi connectivity index (χ4n) is 3.56. The Hall–Kier alpha value is -2.57. The molecule has 0 spiro atoms. The van der Waals surface area contributed by atoms with Gasteiger partial charge >= 0.3 is 0 Å². The number of piperidine rings is 1. The summed E-state index contributed by atoms with van der Waals surface area (Å²) in [6, 6.07) is 14.0. The molecular formula is C22H26ClN3O3. The predicted molar refractivity (Wildman–Crippen MR) is 114 cm³/mol. The highest BCUT2D eigenvalue weighted by molar-refractivity contribution is 6.31. The van der Waals surface area contributed by atoms with Gasteiger partial charge in [-0.25, -0.2) is 0 Å². The number of nitrogens with one attached hydrogen (secondary N) is 2. The molecule has 0 saturated carbocycles. The average Bonchev–Trinajstić information content (AvgIpc) is 2.70. The molecule has 6 nitrogen and oxygen atoms in total. The normalized spacial score (nSPS) is 16.2. The Bertz CT molecular complexity index is 866. The first-order chi connectivity index (χ1) is 13.9. The Morgan fingerprint density at radius 2 is 1.79 bits per heavy atom. The molecule has 1 heterocycles. The molecule has 1 aliphatic rings. The van der Waals surface area contributed by atoms with Crippen molar-refractivity contribution in [3.8, 4) is 5.75 Å². The fraction of sp³-hybridized carbons (Fsp3) is 0.364. The van der Waals surface area contributed by atoms with Gasteiger partial charge in [0.15, 0.2) is 0 Å². The number of hydrogen-bond acceptors (Lipinski definition) is 4. The summed E-state index contributed by atoms with van der Waals surface area (Å²) in [6.45, 7) is 3.55. The summed E-state index contributed by atoms with van der Waals surface area (Å²) < 4.78 is 0. The maximum atomic E-state index is 12.5. The van der Waals surface area contributed by atoms with E-state index in [4.69, 9.17) is 11.6 Å². The molecule has 3 N–H and O–H groups in total. The Morgan fingerprint density at radius 3 is 2.48 bits per heavy atom. The van der Waals surface area contributed by atoms with E-state index < -0.39 is 0 Å². The van der Waals surface area contributed by atoms with E-state index in [2.05, 4.69) is 15.5 Å². The predicted octanol–water partition coefficient (Wildman–Crippen LogP) is 3.57. The second-order valence-electron chi connectivity index (χ2n) is 7.37. The Kier molecular flexibility index (Phi) is 7.12. The van der Waals surface area contributed by atoms with Crippen LogP contribution in [0.15, 0.2) is 48.5 Å². The lowest BCUT2D eigenvalue weighted by molar-refractivity contribution is -0.124. The smallest absolute Gasteiger partial charge is 0.234 e. The lowest BCUT2D eigenvalue weighted by Crippen LogP contribution is -2.43. The van der Waals surface area contributed by atoms with Crippen LogP contribution >= 0.6 is 11.6 Å². The van der Waals surface area contributed by atoms with Gasteiger partial charge in [0.2, 0.25) is 11.8 Å². The minimum absolute atomic E-state index is 0.0580. The SMILES string of the molecule is C[C@@H](NC(=O)CN1CCC(C(=O)Nc2ccccc2O)CC1)c1ccccc1Cl. The number of likely N-dealkylation sites (tertiary alicyclic amines) is 1. The Balaban J connectivity index is 1.44. The van der Waals surface area contributed by atoms with Crippen molar-refractivity contribution >= 4 is 29.1 Å². The highest BCUT2D eigenvalue weighted by Gasteiger charge is 2.26. The summed E-state index contributed by atoms with van der Waals surface area (Å²) in [5.74, 6) is -0.226. The number of phenols is 1. The van der Waals surface area contributed by atoms with Crippen LogP contribution in [0.3, 0.4) is 0 Å². The number of carbonyl (C=O) groups excluding carboxylic acids is 2. The zero-order valence-electron chi connectivity index (χ0n) is 16.4.